The normalized spacial score (nSPS) is 11.0. The fourth-order valence-electron chi connectivity index (χ4n) is 1.65. The van der Waals surface area contributed by atoms with Crippen LogP contribution in [0.2, 0.25) is 5.15 Å². The molecule has 0 aliphatic rings. The van der Waals surface area contributed by atoms with E-state index in [0.717, 1.165) is 12.1 Å². The van der Waals surface area contributed by atoms with Crippen molar-refractivity contribution in [1.29, 1.82) is 0 Å². The first kappa shape index (κ1) is 12.7. The highest BCUT2D eigenvalue weighted by Crippen LogP contribution is 2.22. The van der Waals surface area contributed by atoms with Crippen LogP contribution in [-0.2, 0) is 0 Å². The molecule has 2 heterocycles. The number of hydrogen-bond donors (Lipinski definition) is 1. The van der Waals surface area contributed by atoms with E-state index in [-0.39, 0.29) is 22.4 Å². The summed E-state index contributed by atoms with van der Waals surface area (Å²) in [5, 5.41) is 6.67. The number of aromatic nitrogens is 4. The van der Waals surface area contributed by atoms with Crippen LogP contribution in [0.1, 0.15) is 0 Å². The third-order valence-corrected chi connectivity index (χ3v) is 2.67. The van der Waals surface area contributed by atoms with Crippen molar-refractivity contribution < 1.29 is 13.2 Å². The lowest BCUT2D eigenvalue weighted by molar-refractivity contribution is 0.448. The van der Waals surface area contributed by atoms with Crippen LogP contribution >= 0.6 is 11.6 Å². The van der Waals surface area contributed by atoms with Crippen LogP contribution in [0.15, 0.2) is 24.5 Å². The van der Waals surface area contributed by atoms with Crippen molar-refractivity contribution in [3.05, 3.63) is 47.1 Å². The first-order valence-electron chi connectivity index (χ1n) is 5.32. The predicted molar refractivity (Wildman–Crippen MR) is 65.4 cm³/mol. The number of nitrogens with zero attached hydrogens (tertiary/aromatic N) is 4. The molecule has 0 aliphatic carbocycles. The molecule has 0 fully saturated rings. The van der Waals surface area contributed by atoms with Gasteiger partial charge in [-0.25, -0.2) is 13.2 Å². The summed E-state index contributed by atoms with van der Waals surface area (Å²) < 4.78 is 40.5. The van der Waals surface area contributed by atoms with Gasteiger partial charge in [-0.1, -0.05) is 11.6 Å². The van der Waals surface area contributed by atoms with Gasteiger partial charge >= 0.3 is 0 Å². The van der Waals surface area contributed by atoms with Crippen LogP contribution < -0.4 is 5.32 Å². The van der Waals surface area contributed by atoms with Crippen molar-refractivity contribution in [3.8, 4) is 0 Å². The maximum absolute atomic E-state index is 13.1. The number of rotatable bonds is 2. The van der Waals surface area contributed by atoms with Crippen LogP contribution in [0, 0.1) is 17.5 Å². The van der Waals surface area contributed by atoms with Gasteiger partial charge in [0.1, 0.15) is 17.3 Å². The summed E-state index contributed by atoms with van der Waals surface area (Å²) in [6, 6.07) is 3.02. The molecule has 0 aliphatic heterocycles. The van der Waals surface area contributed by atoms with Crippen molar-refractivity contribution in [2.75, 3.05) is 5.32 Å². The first-order chi connectivity index (χ1) is 9.54. The summed E-state index contributed by atoms with van der Waals surface area (Å²) in [6.07, 6.45) is 1.25. The van der Waals surface area contributed by atoms with E-state index in [0.29, 0.717) is 0 Å². The van der Waals surface area contributed by atoms with Gasteiger partial charge in [0.2, 0.25) is 0 Å². The minimum absolute atomic E-state index is 0.000432. The molecule has 3 rings (SSSR count). The standard InChI is InChI=1S/C11H5ClF3N5/c12-8-3-9(20-11(19-8)16-4-17-20)18-5-1-6(13)10(15)7(14)2-5/h1-4,18H. The molecule has 1 aromatic carbocycles. The zero-order valence-corrected chi connectivity index (χ0v) is 10.4. The molecule has 0 radical (unpaired) electrons. The van der Waals surface area contributed by atoms with Gasteiger partial charge in [0.25, 0.3) is 5.78 Å². The topological polar surface area (TPSA) is 55.1 Å². The van der Waals surface area contributed by atoms with Gasteiger partial charge in [-0.2, -0.15) is 19.6 Å². The Morgan fingerprint density at radius 3 is 2.50 bits per heavy atom. The van der Waals surface area contributed by atoms with Crippen LogP contribution in [0.3, 0.4) is 0 Å². The van der Waals surface area contributed by atoms with Crippen molar-refractivity contribution >= 4 is 28.9 Å². The first-order valence-corrected chi connectivity index (χ1v) is 5.70. The maximum Gasteiger partial charge on any atom is 0.255 e. The van der Waals surface area contributed by atoms with Crippen LogP contribution in [0.4, 0.5) is 24.7 Å². The molecule has 0 unspecified atom stereocenters. The number of halogens is 4. The fraction of sp³-hybridized carbons (Fsp3) is 0. The second kappa shape index (κ2) is 4.64. The molecule has 0 bridgehead atoms. The van der Waals surface area contributed by atoms with Gasteiger partial charge in [0.15, 0.2) is 17.5 Å². The Balaban J connectivity index is 2.07. The number of benzene rings is 1. The summed E-state index contributed by atoms with van der Waals surface area (Å²) in [6.45, 7) is 0. The van der Waals surface area contributed by atoms with E-state index in [1.807, 2.05) is 0 Å². The average molecular weight is 300 g/mol. The molecular formula is C11H5ClF3N5. The molecule has 0 atom stereocenters. The second-order valence-electron chi connectivity index (χ2n) is 3.81. The van der Waals surface area contributed by atoms with Crippen molar-refractivity contribution in [2.24, 2.45) is 0 Å². The lowest BCUT2D eigenvalue weighted by Gasteiger charge is -2.08. The minimum Gasteiger partial charge on any atom is -0.340 e. The summed E-state index contributed by atoms with van der Waals surface area (Å²) in [7, 11) is 0. The predicted octanol–water partition coefficient (Wildman–Crippen LogP) is 2.94. The van der Waals surface area contributed by atoms with Gasteiger partial charge in [-0.3, -0.25) is 0 Å². The quantitative estimate of drug-likeness (QED) is 0.584. The lowest BCUT2D eigenvalue weighted by atomic mass is 10.3. The number of nitrogens with one attached hydrogen (secondary N) is 1. The Labute approximate surface area is 115 Å². The van der Waals surface area contributed by atoms with E-state index in [9.17, 15) is 13.2 Å². The Hall–Kier alpha value is -2.35. The summed E-state index contributed by atoms with van der Waals surface area (Å²) in [5.74, 6) is -3.65. The van der Waals surface area contributed by atoms with Gasteiger partial charge in [-0.15, -0.1) is 0 Å². The van der Waals surface area contributed by atoms with Crippen LogP contribution in [0.5, 0.6) is 0 Å². The van der Waals surface area contributed by atoms with Crippen molar-refractivity contribution in [1.82, 2.24) is 19.6 Å². The van der Waals surface area contributed by atoms with Gasteiger partial charge in [-0.05, 0) is 0 Å². The van der Waals surface area contributed by atoms with Gasteiger partial charge in [0.05, 0.1) is 0 Å². The SMILES string of the molecule is Fc1cc(Nc2cc(Cl)nc3ncnn23)cc(F)c1F. The molecule has 20 heavy (non-hydrogen) atoms. The molecular weight excluding hydrogens is 295 g/mol. The summed E-state index contributed by atoms with van der Waals surface area (Å²) >= 11 is 5.79. The van der Waals surface area contributed by atoms with E-state index in [1.54, 1.807) is 0 Å². The Bertz CT molecular complexity index is 781. The summed E-state index contributed by atoms with van der Waals surface area (Å²) in [5.41, 5.74) is 0.000432. The average Bonchev–Trinajstić information content (AvgIpc) is 2.84. The molecule has 3 aromatic rings. The van der Waals surface area contributed by atoms with Gasteiger partial charge < -0.3 is 5.32 Å². The molecule has 9 heteroatoms. The van der Waals surface area contributed by atoms with E-state index in [4.69, 9.17) is 11.6 Å². The number of anilines is 2. The maximum atomic E-state index is 13.1. The van der Waals surface area contributed by atoms with E-state index in [2.05, 4.69) is 20.4 Å². The smallest absolute Gasteiger partial charge is 0.255 e. The summed E-state index contributed by atoms with van der Waals surface area (Å²) in [4.78, 5) is 7.73. The van der Waals surface area contributed by atoms with Crippen molar-refractivity contribution in [3.63, 3.8) is 0 Å². The zero-order chi connectivity index (χ0) is 14.3. The minimum atomic E-state index is -1.53. The lowest BCUT2D eigenvalue weighted by Crippen LogP contribution is -2.03. The highest BCUT2D eigenvalue weighted by Gasteiger charge is 2.12. The highest BCUT2D eigenvalue weighted by atomic mass is 35.5. The van der Waals surface area contributed by atoms with E-state index >= 15 is 0 Å². The molecule has 2 aromatic heterocycles. The molecule has 0 saturated carbocycles. The monoisotopic (exact) mass is 299 g/mol. The Morgan fingerprint density at radius 2 is 1.80 bits per heavy atom. The third kappa shape index (κ3) is 2.14. The van der Waals surface area contributed by atoms with Crippen LogP contribution in [0.25, 0.3) is 5.78 Å². The molecule has 0 amide bonds. The largest absolute Gasteiger partial charge is 0.340 e. The third-order valence-electron chi connectivity index (χ3n) is 2.48. The number of fused-ring (bicyclic) bond motifs is 1. The Kier molecular flexibility index (Phi) is 2.94. The van der Waals surface area contributed by atoms with E-state index in [1.165, 1.54) is 16.9 Å². The van der Waals surface area contributed by atoms with Crippen molar-refractivity contribution in [2.45, 2.75) is 0 Å². The number of hydrogen-bond acceptors (Lipinski definition) is 4. The molecule has 102 valence electrons. The molecule has 5 nitrogen and oxygen atoms in total. The Morgan fingerprint density at radius 1 is 1.10 bits per heavy atom. The van der Waals surface area contributed by atoms with E-state index < -0.39 is 17.5 Å². The molecule has 1 N–H and O–H groups in total. The highest BCUT2D eigenvalue weighted by molar-refractivity contribution is 6.29. The molecule has 0 spiro atoms. The zero-order valence-electron chi connectivity index (χ0n) is 9.61. The molecule has 0 saturated heterocycles. The van der Waals surface area contributed by atoms with Crippen LogP contribution in [-0.4, -0.2) is 19.6 Å². The second-order valence-corrected chi connectivity index (χ2v) is 4.20. The van der Waals surface area contributed by atoms with Gasteiger partial charge in [0, 0.05) is 23.9 Å². The fourth-order valence-corrected chi connectivity index (χ4v) is 1.83.